The van der Waals surface area contributed by atoms with Gasteiger partial charge in [0.1, 0.15) is 18.1 Å². The average molecular weight is 402 g/mol. The van der Waals surface area contributed by atoms with Crippen LogP contribution < -0.4 is 5.32 Å². The van der Waals surface area contributed by atoms with Crippen LogP contribution in [-0.2, 0) is 16.1 Å². The zero-order chi connectivity index (χ0) is 21.4. The molecule has 3 amide bonds. The number of urea groups is 1. The van der Waals surface area contributed by atoms with Crippen molar-refractivity contribution >= 4 is 17.6 Å². The summed E-state index contributed by atoms with van der Waals surface area (Å²) in [4.78, 5) is 29.0. The van der Waals surface area contributed by atoms with Crippen LogP contribution in [0.3, 0.4) is 0 Å². The molecule has 0 aliphatic carbocycles. The van der Waals surface area contributed by atoms with Crippen LogP contribution in [0.2, 0.25) is 0 Å². The number of benzene rings is 1. The molecule has 1 aromatic carbocycles. The van der Waals surface area contributed by atoms with Crippen molar-refractivity contribution in [1.82, 2.24) is 9.80 Å². The molecular formula is C22H31N3O4. The molecule has 0 saturated heterocycles. The lowest BCUT2D eigenvalue weighted by molar-refractivity contribution is -0.133. The third-order valence-electron chi connectivity index (χ3n) is 4.52. The van der Waals surface area contributed by atoms with Crippen molar-refractivity contribution in [2.45, 2.75) is 40.3 Å². The number of carbonyl (C=O) groups excluding carboxylic acids is 2. The van der Waals surface area contributed by atoms with Gasteiger partial charge < -0.3 is 24.3 Å². The first-order chi connectivity index (χ1) is 13.8. The van der Waals surface area contributed by atoms with Gasteiger partial charge in [0.05, 0.1) is 13.2 Å². The van der Waals surface area contributed by atoms with Crippen molar-refractivity contribution in [2.75, 3.05) is 32.1 Å². The highest BCUT2D eigenvalue weighted by atomic mass is 16.5. The first-order valence-electron chi connectivity index (χ1n) is 9.76. The Bertz CT molecular complexity index is 816. The van der Waals surface area contributed by atoms with E-state index in [1.807, 2.05) is 64.1 Å². The number of anilines is 1. The molecule has 7 heteroatoms. The Balaban J connectivity index is 2.08. The number of nitrogens with zero attached hydrogens (tertiary/aromatic N) is 2. The van der Waals surface area contributed by atoms with Crippen molar-refractivity contribution < 1.29 is 18.7 Å². The molecule has 1 aromatic heterocycles. The van der Waals surface area contributed by atoms with Gasteiger partial charge in [0.2, 0.25) is 5.91 Å². The van der Waals surface area contributed by atoms with E-state index < -0.39 is 0 Å². The maximum atomic E-state index is 13.0. The zero-order valence-corrected chi connectivity index (χ0v) is 17.9. The summed E-state index contributed by atoms with van der Waals surface area (Å²) in [5.41, 5.74) is 1.75. The van der Waals surface area contributed by atoms with E-state index in [1.54, 1.807) is 12.0 Å². The molecule has 0 atom stereocenters. The molecule has 0 aliphatic rings. The summed E-state index contributed by atoms with van der Waals surface area (Å²) < 4.78 is 10.7. The summed E-state index contributed by atoms with van der Waals surface area (Å²) in [5, 5.41) is 2.88. The number of hydrogen-bond donors (Lipinski definition) is 1. The fourth-order valence-electron chi connectivity index (χ4n) is 2.90. The monoisotopic (exact) mass is 401 g/mol. The maximum Gasteiger partial charge on any atom is 0.322 e. The predicted molar refractivity (Wildman–Crippen MR) is 113 cm³/mol. The minimum Gasteiger partial charge on any atom is -0.464 e. The number of carbonyl (C=O) groups is 2. The quantitative estimate of drug-likeness (QED) is 0.693. The van der Waals surface area contributed by atoms with Crippen LogP contribution >= 0.6 is 0 Å². The Kier molecular flexibility index (Phi) is 8.27. The van der Waals surface area contributed by atoms with Crippen LogP contribution in [0, 0.1) is 13.8 Å². The van der Waals surface area contributed by atoms with E-state index in [-0.39, 0.29) is 24.5 Å². The summed E-state index contributed by atoms with van der Waals surface area (Å²) in [5.74, 6) is 1.33. The smallest absolute Gasteiger partial charge is 0.322 e. The van der Waals surface area contributed by atoms with Crippen molar-refractivity contribution in [3.63, 3.8) is 0 Å². The van der Waals surface area contributed by atoms with Crippen molar-refractivity contribution in [2.24, 2.45) is 0 Å². The second-order valence-corrected chi connectivity index (χ2v) is 7.34. The third-order valence-corrected chi connectivity index (χ3v) is 4.52. The van der Waals surface area contributed by atoms with Gasteiger partial charge in [0.15, 0.2) is 0 Å². The first-order valence-corrected chi connectivity index (χ1v) is 9.76. The number of nitrogens with one attached hydrogen (secondary N) is 1. The molecule has 1 heterocycles. The average Bonchev–Trinajstić information content (AvgIpc) is 3.07. The number of rotatable bonds is 9. The number of methoxy groups -OCH3 is 1. The van der Waals surface area contributed by atoms with E-state index >= 15 is 0 Å². The molecule has 0 radical (unpaired) electrons. The molecule has 0 bridgehead atoms. The van der Waals surface area contributed by atoms with E-state index in [0.29, 0.717) is 31.1 Å². The first kappa shape index (κ1) is 22.5. The van der Waals surface area contributed by atoms with E-state index in [2.05, 4.69) is 5.32 Å². The molecule has 0 spiro atoms. The van der Waals surface area contributed by atoms with Crippen LogP contribution in [0.4, 0.5) is 10.5 Å². The normalized spacial score (nSPS) is 10.8. The second-order valence-electron chi connectivity index (χ2n) is 7.34. The zero-order valence-electron chi connectivity index (χ0n) is 17.9. The van der Waals surface area contributed by atoms with Gasteiger partial charge in [0.25, 0.3) is 0 Å². The summed E-state index contributed by atoms with van der Waals surface area (Å²) >= 11 is 0. The van der Waals surface area contributed by atoms with Gasteiger partial charge in [-0.15, -0.1) is 0 Å². The molecule has 0 unspecified atom stereocenters. The van der Waals surface area contributed by atoms with Gasteiger partial charge in [-0.1, -0.05) is 12.1 Å². The summed E-state index contributed by atoms with van der Waals surface area (Å²) in [6, 6.07) is 10.8. The molecule has 2 rings (SSSR count). The standard InChI is InChI=1S/C22H31N3O4/c1-16(2)25(22(27)23-19-8-6-7-17(3)13-19)15-21(26)24(11-12-28-5)14-20-10-9-18(4)29-20/h6-10,13,16H,11-12,14-15H2,1-5H3,(H,23,27). The van der Waals surface area contributed by atoms with Gasteiger partial charge >= 0.3 is 6.03 Å². The lowest BCUT2D eigenvalue weighted by Crippen LogP contribution is -2.47. The summed E-state index contributed by atoms with van der Waals surface area (Å²) in [6.07, 6.45) is 0. The number of hydrogen-bond acceptors (Lipinski definition) is 4. The molecule has 0 fully saturated rings. The van der Waals surface area contributed by atoms with Crippen LogP contribution in [0.25, 0.3) is 0 Å². The number of ether oxygens (including phenoxy) is 1. The molecular weight excluding hydrogens is 370 g/mol. The number of furan rings is 1. The maximum absolute atomic E-state index is 13.0. The molecule has 1 N–H and O–H groups in total. The van der Waals surface area contributed by atoms with Gasteiger partial charge in [-0.3, -0.25) is 4.79 Å². The van der Waals surface area contributed by atoms with Crippen LogP contribution in [0.5, 0.6) is 0 Å². The van der Waals surface area contributed by atoms with E-state index in [0.717, 1.165) is 11.3 Å². The topological polar surface area (TPSA) is 75.0 Å². The van der Waals surface area contributed by atoms with Crippen molar-refractivity contribution in [3.8, 4) is 0 Å². The van der Waals surface area contributed by atoms with Gasteiger partial charge in [0, 0.05) is 25.4 Å². The van der Waals surface area contributed by atoms with E-state index in [4.69, 9.17) is 9.15 Å². The Labute approximate surface area is 172 Å². The van der Waals surface area contributed by atoms with Crippen LogP contribution in [0.1, 0.15) is 30.9 Å². The minimum absolute atomic E-state index is 0.0290. The highest BCUT2D eigenvalue weighted by molar-refractivity contribution is 5.92. The third kappa shape index (κ3) is 6.94. The molecule has 2 aromatic rings. The van der Waals surface area contributed by atoms with Crippen molar-refractivity contribution in [1.29, 1.82) is 0 Å². The second kappa shape index (κ2) is 10.7. The Morgan fingerprint density at radius 1 is 1.17 bits per heavy atom. The number of amides is 3. The Morgan fingerprint density at radius 2 is 1.93 bits per heavy atom. The highest BCUT2D eigenvalue weighted by Crippen LogP contribution is 2.13. The summed E-state index contributed by atoms with van der Waals surface area (Å²) in [7, 11) is 1.59. The fourth-order valence-corrected chi connectivity index (χ4v) is 2.90. The Hall–Kier alpha value is -2.80. The largest absolute Gasteiger partial charge is 0.464 e. The molecule has 29 heavy (non-hydrogen) atoms. The SMILES string of the molecule is COCCN(Cc1ccc(C)o1)C(=O)CN(C(=O)Nc1cccc(C)c1)C(C)C. The van der Waals surface area contributed by atoms with Gasteiger partial charge in [-0.2, -0.15) is 0 Å². The van der Waals surface area contributed by atoms with Gasteiger partial charge in [-0.05, 0) is 57.5 Å². The molecule has 0 saturated carbocycles. The lowest BCUT2D eigenvalue weighted by atomic mass is 10.2. The van der Waals surface area contributed by atoms with E-state index in [1.165, 1.54) is 4.90 Å². The minimum atomic E-state index is -0.306. The molecule has 158 valence electrons. The van der Waals surface area contributed by atoms with Gasteiger partial charge in [-0.25, -0.2) is 4.79 Å². The van der Waals surface area contributed by atoms with E-state index in [9.17, 15) is 9.59 Å². The van der Waals surface area contributed by atoms with Crippen LogP contribution in [-0.4, -0.2) is 54.6 Å². The summed E-state index contributed by atoms with van der Waals surface area (Å²) in [6.45, 7) is 8.73. The van der Waals surface area contributed by atoms with Crippen molar-refractivity contribution in [3.05, 3.63) is 53.5 Å². The highest BCUT2D eigenvalue weighted by Gasteiger charge is 2.24. The Morgan fingerprint density at radius 3 is 2.52 bits per heavy atom. The molecule has 7 nitrogen and oxygen atoms in total. The number of aryl methyl sites for hydroxylation is 2. The van der Waals surface area contributed by atoms with Crippen LogP contribution in [0.15, 0.2) is 40.8 Å². The fraction of sp³-hybridized carbons (Fsp3) is 0.455. The molecule has 0 aliphatic heterocycles. The predicted octanol–water partition coefficient (Wildman–Crippen LogP) is 3.81. The lowest BCUT2D eigenvalue weighted by Gasteiger charge is -2.29.